The van der Waals surface area contributed by atoms with E-state index in [2.05, 4.69) is 15.6 Å². The summed E-state index contributed by atoms with van der Waals surface area (Å²) in [5.41, 5.74) is -2.65. The van der Waals surface area contributed by atoms with Crippen molar-refractivity contribution in [1.82, 2.24) is 0 Å². The molecule has 4 aromatic rings. The van der Waals surface area contributed by atoms with E-state index in [1.165, 1.54) is 19.2 Å². The highest BCUT2D eigenvalue weighted by atomic mass is 32.1. The number of ether oxygens (including phenoxy) is 2. The number of amides is 2. The van der Waals surface area contributed by atoms with Gasteiger partial charge in [-0.15, -0.1) is 11.3 Å². The Bertz CT molecular complexity index is 1960. The summed E-state index contributed by atoms with van der Waals surface area (Å²) < 4.78 is 106. The molecule has 6 rings (SSSR count). The van der Waals surface area contributed by atoms with E-state index < -0.39 is 47.5 Å². The fourth-order valence-corrected chi connectivity index (χ4v) is 7.25. The lowest BCUT2D eigenvalue weighted by molar-refractivity contribution is -0.140. The largest absolute Gasteiger partial charge is 0.496 e. The van der Waals surface area contributed by atoms with Crippen LogP contribution in [0.5, 0.6) is 5.75 Å². The number of carbonyl (C=O) groups is 2. The number of carbonyl (C=O) groups excluding carboxylic acids is 2. The molecule has 0 saturated heterocycles. The van der Waals surface area contributed by atoms with Crippen LogP contribution in [0.15, 0.2) is 59.6 Å². The average molecular weight is 708 g/mol. The number of benzene rings is 3. The van der Waals surface area contributed by atoms with E-state index in [9.17, 15) is 40.3 Å². The van der Waals surface area contributed by atoms with Gasteiger partial charge in [0.25, 0.3) is 5.91 Å². The Morgan fingerprint density at radius 2 is 1.69 bits per heavy atom. The zero-order valence-electron chi connectivity index (χ0n) is 25.8. The van der Waals surface area contributed by atoms with Gasteiger partial charge in [0.05, 0.1) is 42.5 Å². The minimum absolute atomic E-state index is 0.0343. The van der Waals surface area contributed by atoms with Gasteiger partial charge in [-0.2, -0.15) is 26.3 Å². The monoisotopic (exact) mass is 707 g/mol. The van der Waals surface area contributed by atoms with E-state index >= 15 is 0 Å². The van der Waals surface area contributed by atoms with Gasteiger partial charge in [0, 0.05) is 26.2 Å². The molecule has 15 heteroatoms. The lowest BCUT2D eigenvalue weighted by Crippen LogP contribution is -2.35. The minimum Gasteiger partial charge on any atom is -0.496 e. The van der Waals surface area contributed by atoms with Gasteiger partial charge in [-0.3, -0.25) is 9.59 Å². The second-order valence-corrected chi connectivity index (χ2v) is 13.0. The third-order valence-electron chi connectivity index (χ3n) is 8.49. The summed E-state index contributed by atoms with van der Waals surface area (Å²) in [6, 6.07) is 9.61. The van der Waals surface area contributed by atoms with Gasteiger partial charge in [0.15, 0.2) is 0 Å². The summed E-state index contributed by atoms with van der Waals surface area (Å²) in [5.74, 6) is -2.53. The molecule has 2 aliphatic rings. The van der Waals surface area contributed by atoms with Crippen molar-refractivity contribution in [3.05, 3.63) is 87.5 Å². The molecule has 1 fully saturated rings. The van der Waals surface area contributed by atoms with Crippen molar-refractivity contribution in [3.63, 3.8) is 0 Å². The number of fused-ring (bicyclic) bond motifs is 1. The zero-order valence-corrected chi connectivity index (χ0v) is 26.6. The summed E-state index contributed by atoms with van der Waals surface area (Å²) in [6.45, 7) is 0.498. The molecule has 1 aliphatic heterocycles. The molecule has 1 spiro atoms. The number of methoxy groups -OCH3 is 1. The first kappa shape index (κ1) is 34.2. The van der Waals surface area contributed by atoms with E-state index in [-0.39, 0.29) is 43.3 Å². The number of nitrogens with zero attached hydrogens (tertiary/aromatic N) is 1. The van der Waals surface area contributed by atoms with E-state index in [0.29, 0.717) is 30.1 Å². The Hall–Kier alpha value is -4.66. The van der Waals surface area contributed by atoms with Crippen LogP contribution in [0.1, 0.15) is 64.0 Å². The minimum atomic E-state index is -5.02. The molecule has 0 atom stereocenters. The van der Waals surface area contributed by atoms with Gasteiger partial charge in [-0.1, -0.05) is 12.5 Å². The van der Waals surface area contributed by atoms with Gasteiger partial charge in [0.1, 0.15) is 17.2 Å². The smallest absolute Gasteiger partial charge is 0.419 e. The quantitative estimate of drug-likeness (QED) is 0.188. The number of thiophene rings is 1. The van der Waals surface area contributed by atoms with Gasteiger partial charge >= 0.3 is 12.4 Å². The SMILES string of the molecule is COc1ccc(C2=NCC3(CCCCC3)O2)cc1C(=O)Nc1c(CC(=O)Nc2ccc(F)c(C(F)(F)F)c2)sc2cc(C(F)(F)F)ccc12. The fourth-order valence-electron chi connectivity index (χ4n) is 6.05. The fraction of sp³-hybridized carbons (Fsp3) is 0.324. The normalized spacial score (nSPS) is 16.0. The van der Waals surface area contributed by atoms with Crippen LogP contribution >= 0.6 is 11.3 Å². The summed E-state index contributed by atoms with van der Waals surface area (Å²) in [6.07, 6.45) is -5.33. The van der Waals surface area contributed by atoms with Crippen LogP contribution < -0.4 is 15.4 Å². The second kappa shape index (κ2) is 13.0. The van der Waals surface area contributed by atoms with Crippen LogP contribution in [0, 0.1) is 5.82 Å². The average Bonchev–Trinajstić information content (AvgIpc) is 3.61. The van der Waals surface area contributed by atoms with E-state index in [1.54, 1.807) is 12.1 Å². The summed E-state index contributed by atoms with van der Waals surface area (Å²) in [5, 5.41) is 5.18. The number of anilines is 2. The van der Waals surface area contributed by atoms with Gasteiger partial charge in [-0.25, -0.2) is 9.38 Å². The number of aliphatic imine (C=N–C) groups is 1. The van der Waals surface area contributed by atoms with Crippen molar-refractivity contribution in [2.75, 3.05) is 24.3 Å². The van der Waals surface area contributed by atoms with E-state index in [4.69, 9.17) is 9.47 Å². The highest BCUT2D eigenvalue weighted by Gasteiger charge is 2.40. The maximum Gasteiger partial charge on any atom is 0.419 e. The maximum absolute atomic E-state index is 13.8. The van der Waals surface area contributed by atoms with Gasteiger partial charge in [-0.05, 0) is 74.2 Å². The molecule has 258 valence electrons. The van der Waals surface area contributed by atoms with Crippen LogP contribution in [0.3, 0.4) is 0 Å². The lowest BCUT2D eigenvalue weighted by atomic mass is 9.85. The highest BCUT2D eigenvalue weighted by molar-refractivity contribution is 7.20. The molecule has 0 radical (unpaired) electrons. The van der Waals surface area contributed by atoms with Crippen LogP contribution in [-0.2, 0) is 28.3 Å². The molecule has 1 aromatic heterocycles. The van der Waals surface area contributed by atoms with E-state index in [0.717, 1.165) is 61.6 Å². The summed E-state index contributed by atoms with van der Waals surface area (Å²) in [7, 11) is 1.36. The molecular weight excluding hydrogens is 679 g/mol. The lowest BCUT2D eigenvalue weighted by Gasteiger charge is -2.32. The molecule has 7 nitrogen and oxygen atoms in total. The molecular formula is C34H28F7N3O4S. The van der Waals surface area contributed by atoms with E-state index in [1.807, 2.05) is 0 Å². The Labute approximate surface area is 279 Å². The Kier molecular flexibility index (Phi) is 9.07. The van der Waals surface area contributed by atoms with Crippen LogP contribution in [0.25, 0.3) is 10.1 Å². The molecule has 1 saturated carbocycles. The molecule has 1 aliphatic carbocycles. The highest BCUT2D eigenvalue weighted by Crippen LogP contribution is 2.41. The third kappa shape index (κ3) is 7.21. The van der Waals surface area contributed by atoms with Crippen molar-refractivity contribution in [2.45, 2.75) is 56.5 Å². The Morgan fingerprint density at radius 1 is 0.939 bits per heavy atom. The van der Waals surface area contributed by atoms with Crippen molar-refractivity contribution in [2.24, 2.45) is 4.99 Å². The van der Waals surface area contributed by atoms with Crippen molar-refractivity contribution >= 4 is 50.5 Å². The third-order valence-corrected chi connectivity index (χ3v) is 9.64. The standard InChI is InChI=1S/C34H28F7N3O4S/c1-47-25-10-5-18(31-42-17-32(48-31)11-3-2-4-12-32)13-22(25)30(46)44-29-21-8-6-19(33(36,37)38)14-26(21)49-27(29)16-28(45)43-20-7-9-24(35)23(15-20)34(39,40)41/h5-10,13-15H,2-4,11-12,16-17H2,1H3,(H,43,45)(H,44,46). The first-order valence-electron chi connectivity index (χ1n) is 15.2. The van der Waals surface area contributed by atoms with Crippen LogP contribution in [0.2, 0.25) is 0 Å². The predicted octanol–water partition coefficient (Wildman–Crippen LogP) is 9.00. The predicted molar refractivity (Wildman–Crippen MR) is 170 cm³/mol. The molecule has 2 N–H and O–H groups in total. The van der Waals surface area contributed by atoms with Crippen molar-refractivity contribution < 1.29 is 49.8 Å². The summed E-state index contributed by atoms with van der Waals surface area (Å²) in [4.78, 5) is 31.6. The Balaban J connectivity index is 1.31. The van der Waals surface area contributed by atoms with Gasteiger partial charge in [0.2, 0.25) is 11.8 Å². The molecule has 2 amide bonds. The van der Waals surface area contributed by atoms with Crippen molar-refractivity contribution in [3.8, 4) is 5.75 Å². The second-order valence-electron chi connectivity index (χ2n) is 11.9. The number of nitrogens with one attached hydrogen (secondary N) is 2. The number of halogens is 7. The molecule has 2 heterocycles. The number of hydrogen-bond acceptors (Lipinski definition) is 6. The molecule has 49 heavy (non-hydrogen) atoms. The molecule has 0 unspecified atom stereocenters. The van der Waals surface area contributed by atoms with Crippen LogP contribution in [0.4, 0.5) is 42.1 Å². The van der Waals surface area contributed by atoms with Crippen molar-refractivity contribution in [1.29, 1.82) is 0 Å². The first-order valence-corrected chi connectivity index (χ1v) is 16.0. The topological polar surface area (TPSA) is 89.0 Å². The molecule has 3 aromatic carbocycles. The summed E-state index contributed by atoms with van der Waals surface area (Å²) >= 11 is 0.800. The number of alkyl halides is 6. The Morgan fingerprint density at radius 3 is 2.39 bits per heavy atom. The first-order chi connectivity index (χ1) is 23.2. The maximum atomic E-state index is 13.8. The number of rotatable bonds is 7. The molecule has 0 bridgehead atoms. The van der Waals surface area contributed by atoms with Crippen LogP contribution in [-0.4, -0.2) is 37.0 Å². The zero-order chi connectivity index (χ0) is 35.1. The van der Waals surface area contributed by atoms with Gasteiger partial charge < -0.3 is 20.1 Å². The number of hydrogen-bond donors (Lipinski definition) is 2.